The quantitative estimate of drug-likeness (QED) is 0.421. The van der Waals surface area contributed by atoms with Gasteiger partial charge < -0.3 is 5.32 Å². The third kappa shape index (κ3) is 4.24. The number of nitrogens with one attached hydrogen (secondary N) is 1. The number of halogens is 1. The van der Waals surface area contributed by atoms with Gasteiger partial charge in [-0.15, -0.1) is 0 Å². The molecule has 0 fully saturated rings. The van der Waals surface area contributed by atoms with Crippen LogP contribution in [0.3, 0.4) is 0 Å². The van der Waals surface area contributed by atoms with Crippen molar-refractivity contribution in [2.24, 2.45) is 0 Å². The Balaban J connectivity index is 1.80. The summed E-state index contributed by atoms with van der Waals surface area (Å²) in [5, 5.41) is 17.7. The molecule has 0 spiro atoms. The fourth-order valence-corrected chi connectivity index (χ4v) is 2.44. The third-order valence-corrected chi connectivity index (χ3v) is 3.71. The first kappa shape index (κ1) is 18.0. The zero-order valence-corrected chi connectivity index (χ0v) is 14.3. The van der Waals surface area contributed by atoms with Gasteiger partial charge in [-0.1, -0.05) is 18.2 Å². The molecule has 3 rings (SSSR count). The first-order chi connectivity index (χ1) is 12.9. The van der Waals surface area contributed by atoms with Crippen molar-refractivity contribution in [3.8, 4) is 5.69 Å². The minimum Gasteiger partial charge on any atom is -0.307 e. The summed E-state index contributed by atoms with van der Waals surface area (Å²) in [4.78, 5) is 22.5. The molecule has 0 atom stereocenters. The number of nitrogens with zero attached hydrogens (tertiary/aromatic N) is 3. The smallest absolute Gasteiger partial charge is 0.269 e. The summed E-state index contributed by atoms with van der Waals surface area (Å²) in [7, 11) is 0. The summed E-state index contributed by atoms with van der Waals surface area (Å²) in [6, 6.07) is 13.6. The second-order valence-electron chi connectivity index (χ2n) is 5.70. The van der Waals surface area contributed by atoms with Crippen LogP contribution in [-0.2, 0) is 4.79 Å². The molecular formula is C19H15FN4O3. The molecular weight excluding hydrogens is 351 g/mol. The average Bonchev–Trinajstić information content (AvgIpc) is 3.01. The van der Waals surface area contributed by atoms with Gasteiger partial charge in [0.15, 0.2) is 0 Å². The normalized spacial score (nSPS) is 10.9. The van der Waals surface area contributed by atoms with Gasteiger partial charge in [0.1, 0.15) is 11.6 Å². The van der Waals surface area contributed by atoms with Crippen LogP contribution in [0.25, 0.3) is 11.8 Å². The van der Waals surface area contributed by atoms with Gasteiger partial charge in [0.05, 0.1) is 16.3 Å². The minimum absolute atomic E-state index is 0.0407. The molecule has 7 nitrogen and oxygen atoms in total. The lowest BCUT2D eigenvalue weighted by atomic mass is 10.2. The predicted molar refractivity (Wildman–Crippen MR) is 99.0 cm³/mol. The standard InChI is InChI=1S/C19H15FN4O3/c1-13-12-18(21-19(25)11-6-14-4-2-3-5-17(14)20)23(22-13)15-7-9-16(10-8-15)24(26)27/h2-12H,1H3,(H,21,25)/b11-6+. The van der Waals surface area contributed by atoms with Gasteiger partial charge in [0, 0.05) is 29.8 Å². The Kier molecular flexibility index (Phi) is 5.07. The van der Waals surface area contributed by atoms with Crippen LogP contribution >= 0.6 is 0 Å². The van der Waals surface area contributed by atoms with Gasteiger partial charge in [-0.05, 0) is 31.2 Å². The number of benzene rings is 2. The van der Waals surface area contributed by atoms with Crippen molar-refractivity contribution in [1.82, 2.24) is 9.78 Å². The van der Waals surface area contributed by atoms with Gasteiger partial charge in [0.25, 0.3) is 5.69 Å². The van der Waals surface area contributed by atoms with Crippen LogP contribution in [0.5, 0.6) is 0 Å². The molecule has 0 unspecified atom stereocenters. The molecule has 3 aromatic rings. The molecule has 0 bridgehead atoms. The van der Waals surface area contributed by atoms with Crippen molar-refractivity contribution in [3.05, 3.63) is 87.9 Å². The fraction of sp³-hybridized carbons (Fsp3) is 0.0526. The molecule has 1 amide bonds. The number of anilines is 1. The molecule has 0 aliphatic carbocycles. The van der Waals surface area contributed by atoms with E-state index in [0.29, 0.717) is 22.8 Å². The highest BCUT2D eigenvalue weighted by molar-refractivity contribution is 6.01. The van der Waals surface area contributed by atoms with Gasteiger partial charge in [-0.25, -0.2) is 9.07 Å². The maximum Gasteiger partial charge on any atom is 0.269 e. The molecule has 0 aliphatic rings. The lowest BCUT2D eigenvalue weighted by molar-refractivity contribution is -0.384. The lowest BCUT2D eigenvalue weighted by Crippen LogP contribution is -2.12. The van der Waals surface area contributed by atoms with Crippen molar-refractivity contribution in [2.75, 3.05) is 5.32 Å². The van der Waals surface area contributed by atoms with E-state index in [1.165, 1.54) is 47.2 Å². The molecule has 0 radical (unpaired) electrons. The van der Waals surface area contributed by atoms with E-state index < -0.39 is 16.6 Å². The second-order valence-corrected chi connectivity index (χ2v) is 5.70. The highest BCUT2D eigenvalue weighted by Gasteiger charge is 2.11. The predicted octanol–water partition coefficient (Wildman–Crippen LogP) is 3.88. The van der Waals surface area contributed by atoms with Crippen LogP contribution in [-0.4, -0.2) is 20.6 Å². The molecule has 27 heavy (non-hydrogen) atoms. The van der Waals surface area contributed by atoms with Gasteiger partial charge in [-0.3, -0.25) is 14.9 Å². The molecule has 0 saturated carbocycles. The summed E-state index contributed by atoms with van der Waals surface area (Å²) in [6.07, 6.45) is 2.60. The van der Waals surface area contributed by atoms with Crippen LogP contribution in [0.1, 0.15) is 11.3 Å². The van der Waals surface area contributed by atoms with Gasteiger partial charge in [-0.2, -0.15) is 5.10 Å². The molecule has 8 heteroatoms. The molecule has 1 N–H and O–H groups in total. The Bertz CT molecular complexity index is 1030. The Morgan fingerprint density at radius 2 is 1.93 bits per heavy atom. The van der Waals surface area contributed by atoms with Crippen LogP contribution in [0.2, 0.25) is 0 Å². The summed E-state index contributed by atoms with van der Waals surface area (Å²) in [5.41, 5.74) is 1.47. The average molecular weight is 366 g/mol. The number of rotatable bonds is 5. The molecule has 0 aliphatic heterocycles. The van der Waals surface area contributed by atoms with E-state index in [1.807, 2.05) is 0 Å². The Hall–Kier alpha value is -3.81. The monoisotopic (exact) mass is 366 g/mol. The third-order valence-electron chi connectivity index (χ3n) is 3.71. The molecule has 136 valence electrons. The Morgan fingerprint density at radius 3 is 2.59 bits per heavy atom. The number of carbonyl (C=O) groups excluding carboxylic acids is 1. The van der Waals surface area contributed by atoms with Crippen molar-refractivity contribution < 1.29 is 14.1 Å². The van der Waals surface area contributed by atoms with Crippen LogP contribution in [0.15, 0.2) is 60.7 Å². The van der Waals surface area contributed by atoms with E-state index in [4.69, 9.17) is 0 Å². The number of aromatic nitrogens is 2. The van der Waals surface area contributed by atoms with E-state index in [2.05, 4.69) is 10.4 Å². The lowest BCUT2D eigenvalue weighted by Gasteiger charge is -2.07. The van der Waals surface area contributed by atoms with E-state index in [-0.39, 0.29) is 5.69 Å². The summed E-state index contributed by atoms with van der Waals surface area (Å²) < 4.78 is 15.1. The summed E-state index contributed by atoms with van der Waals surface area (Å²) in [5.74, 6) is -0.487. The Labute approximate surface area is 153 Å². The maximum absolute atomic E-state index is 13.6. The largest absolute Gasteiger partial charge is 0.307 e. The number of amides is 1. The second kappa shape index (κ2) is 7.61. The van der Waals surface area contributed by atoms with E-state index >= 15 is 0 Å². The zero-order valence-electron chi connectivity index (χ0n) is 14.3. The maximum atomic E-state index is 13.6. The topological polar surface area (TPSA) is 90.1 Å². The fourth-order valence-electron chi connectivity index (χ4n) is 2.44. The van der Waals surface area contributed by atoms with Crippen molar-refractivity contribution in [1.29, 1.82) is 0 Å². The van der Waals surface area contributed by atoms with Crippen molar-refractivity contribution in [3.63, 3.8) is 0 Å². The van der Waals surface area contributed by atoms with Crippen LogP contribution < -0.4 is 5.32 Å². The first-order valence-corrected chi connectivity index (χ1v) is 7.99. The molecule has 1 heterocycles. The number of hydrogen-bond donors (Lipinski definition) is 1. The van der Waals surface area contributed by atoms with Gasteiger partial charge in [0.2, 0.25) is 5.91 Å². The van der Waals surface area contributed by atoms with Crippen molar-refractivity contribution >= 4 is 23.5 Å². The van der Waals surface area contributed by atoms with E-state index in [1.54, 1.807) is 31.2 Å². The number of nitro benzene ring substituents is 1. The highest BCUT2D eigenvalue weighted by Crippen LogP contribution is 2.20. The number of hydrogen-bond acceptors (Lipinski definition) is 4. The van der Waals surface area contributed by atoms with Gasteiger partial charge >= 0.3 is 0 Å². The first-order valence-electron chi connectivity index (χ1n) is 7.99. The highest BCUT2D eigenvalue weighted by atomic mass is 19.1. The number of carbonyl (C=O) groups is 1. The number of aryl methyl sites for hydroxylation is 1. The number of non-ortho nitro benzene ring substituents is 1. The zero-order chi connectivity index (χ0) is 19.4. The number of nitro groups is 1. The van der Waals surface area contributed by atoms with E-state index in [0.717, 1.165) is 0 Å². The SMILES string of the molecule is Cc1cc(NC(=O)/C=C/c2ccccc2F)n(-c2ccc([N+](=O)[O-])cc2)n1. The summed E-state index contributed by atoms with van der Waals surface area (Å²) >= 11 is 0. The Morgan fingerprint density at radius 1 is 1.22 bits per heavy atom. The van der Waals surface area contributed by atoms with Crippen molar-refractivity contribution in [2.45, 2.75) is 6.92 Å². The van der Waals surface area contributed by atoms with Crippen LogP contribution in [0, 0.1) is 22.9 Å². The minimum atomic E-state index is -0.492. The molecule has 1 aromatic heterocycles. The summed E-state index contributed by atoms with van der Waals surface area (Å²) in [6.45, 7) is 1.76. The van der Waals surface area contributed by atoms with E-state index in [9.17, 15) is 19.3 Å². The molecule has 2 aromatic carbocycles. The van der Waals surface area contributed by atoms with Crippen LogP contribution in [0.4, 0.5) is 15.9 Å². The molecule has 0 saturated heterocycles.